The first kappa shape index (κ1) is 15.4. The quantitative estimate of drug-likeness (QED) is 0.662. The van der Waals surface area contributed by atoms with Crippen molar-refractivity contribution in [2.24, 2.45) is 5.92 Å². The molecule has 0 amide bonds. The van der Waals surface area contributed by atoms with Crippen LogP contribution in [0.3, 0.4) is 0 Å². The average molecular weight is 396 g/mol. The molecule has 1 rings (SSSR count). The van der Waals surface area contributed by atoms with Crippen molar-refractivity contribution in [3.05, 3.63) is 15.3 Å². The summed E-state index contributed by atoms with van der Waals surface area (Å²) < 4.78 is 21.8. The SMILES string of the molecule is [B]C(C)C1=C(C(C)C)S(=[N-])(=O)CCC1.[Re]. The van der Waals surface area contributed by atoms with Crippen LogP contribution in [0.25, 0.3) is 4.78 Å². The van der Waals surface area contributed by atoms with E-state index in [2.05, 4.69) is 0 Å². The Bertz CT molecular complexity index is 346. The molecule has 0 saturated heterocycles. The molecule has 1 heterocycles. The van der Waals surface area contributed by atoms with E-state index < -0.39 is 9.73 Å². The van der Waals surface area contributed by atoms with Crippen LogP contribution in [0.4, 0.5) is 0 Å². The number of hydrogen-bond acceptors (Lipinski definition) is 1. The molecule has 15 heavy (non-hydrogen) atoms. The molecule has 0 aliphatic carbocycles. The van der Waals surface area contributed by atoms with Gasteiger partial charge in [-0.3, -0.25) is 4.21 Å². The first-order chi connectivity index (χ1) is 6.36. The molecule has 2 nitrogen and oxygen atoms in total. The second kappa shape index (κ2) is 5.66. The van der Waals surface area contributed by atoms with Crippen molar-refractivity contribution in [2.45, 2.75) is 39.4 Å². The molecule has 1 aliphatic rings. The van der Waals surface area contributed by atoms with Gasteiger partial charge < -0.3 is 4.78 Å². The van der Waals surface area contributed by atoms with E-state index in [9.17, 15) is 8.99 Å². The first-order valence-electron chi connectivity index (χ1n) is 5.09. The van der Waals surface area contributed by atoms with E-state index in [-0.39, 0.29) is 32.2 Å². The van der Waals surface area contributed by atoms with Crippen LogP contribution in [0.15, 0.2) is 10.5 Å². The Kier molecular flexibility index (Phi) is 5.82. The van der Waals surface area contributed by atoms with Gasteiger partial charge in [-0.1, -0.05) is 32.2 Å². The van der Waals surface area contributed by atoms with Gasteiger partial charge in [0, 0.05) is 26.2 Å². The third kappa shape index (κ3) is 3.44. The zero-order valence-electron chi connectivity index (χ0n) is 9.50. The van der Waals surface area contributed by atoms with Crippen LogP contribution in [0.1, 0.15) is 33.6 Å². The molecule has 85 valence electrons. The zero-order chi connectivity index (χ0) is 10.9. The molecule has 0 aromatic heterocycles. The van der Waals surface area contributed by atoms with Crippen LogP contribution >= 0.6 is 0 Å². The fourth-order valence-electron chi connectivity index (χ4n) is 2.09. The Morgan fingerprint density at radius 2 is 1.93 bits per heavy atom. The maximum atomic E-state index is 11.9. The third-order valence-corrected chi connectivity index (χ3v) is 4.86. The van der Waals surface area contributed by atoms with Crippen molar-refractivity contribution in [1.29, 1.82) is 0 Å². The fourth-order valence-corrected chi connectivity index (χ4v) is 4.28. The average Bonchev–Trinajstić information content (AvgIpc) is 2.00. The fraction of sp³-hybridized carbons (Fsp3) is 0.800. The molecule has 0 spiro atoms. The molecule has 0 aromatic carbocycles. The standard InChI is InChI=1S/C10H17BNOS.Re/c1-7(2)10-9(8(3)11)5-4-6-14(10,12)13;/h7-8H,4-6H2,1-3H3;/q-1;. The second-order valence-corrected chi connectivity index (χ2v) is 6.41. The van der Waals surface area contributed by atoms with Crippen LogP contribution in [0.2, 0.25) is 5.82 Å². The van der Waals surface area contributed by atoms with E-state index in [1.807, 2.05) is 20.8 Å². The first-order valence-corrected chi connectivity index (χ1v) is 6.77. The summed E-state index contributed by atoms with van der Waals surface area (Å²) in [5.41, 5.74) is 0.999. The Morgan fingerprint density at radius 1 is 1.40 bits per heavy atom. The van der Waals surface area contributed by atoms with E-state index in [4.69, 9.17) is 7.85 Å². The summed E-state index contributed by atoms with van der Waals surface area (Å²) in [5.74, 6) is 0.422. The molecule has 0 aromatic rings. The molecule has 2 atom stereocenters. The number of nitrogens with zero attached hydrogens (tertiary/aromatic N) is 1. The van der Waals surface area contributed by atoms with Crippen LogP contribution in [0.5, 0.6) is 0 Å². The molecule has 5 heteroatoms. The normalized spacial score (nSPS) is 28.8. The van der Waals surface area contributed by atoms with Gasteiger partial charge in [0.25, 0.3) is 0 Å². The van der Waals surface area contributed by atoms with Crippen molar-refractivity contribution in [3.8, 4) is 0 Å². The van der Waals surface area contributed by atoms with E-state index >= 15 is 0 Å². The summed E-state index contributed by atoms with van der Waals surface area (Å²) >= 11 is 0. The smallest absolute Gasteiger partial charge is 0.0755 e. The van der Waals surface area contributed by atoms with Gasteiger partial charge in [-0.15, -0.1) is 9.73 Å². The summed E-state index contributed by atoms with van der Waals surface area (Å²) in [4.78, 5) is 0.707. The van der Waals surface area contributed by atoms with Crippen molar-refractivity contribution in [3.63, 3.8) is 0 Å². The molecule has 1 aliphatic heterocycles. The predicted octanol–water partition coefficient (Wildman–Crippen LogP) is 2.70. The zero-order valence-corrected chi connectivity index (χ0v) is 13.0. The van der Waals surface area contributed by atoms with Crippen LogP contribution in [-0.4, -0.2) is 17.8 Å². The minimum absolute atomic E-state index is 0. The summed E-state index contributed by atoms with van der Waals surface area (Å²) in [6.45, 7) is 5.80. The van der Waals surface area contributed by atoms with Gasteiger partial charge in [0.1, 0.15) is 0 Å². The van der Waals surface area contributed by atoms with Crippen LogP contribution < -0.4 is 0 Å². The molecule has 0 bridgehead atoms. The number of rotatable bonds is 2. The maximum Gasteiger partial charge on any atom is 0.0755 e. The van der Waals surface area contributed by atoms with Gasteiger partial charge in [-0.2, -0.15) is 0 Å². The van der Waals surface area contributed by atoms with Gasteiger partial charge in [-0.05, 0) is 23.7 Å². The monoisotopic (exact) mass is 397 g/mol. The Morgan fingerprint density at radius 3 is 2.27 bits per heavy atom. The van der Waals surface area contributed by atoms with E-state index in [1.165, 1.54) is 0 Å². The van der Waals surface area contributed by atoms with Crippen LogP contribution in [0, 0.1) is 5.92 Å². The molecular formula is C10H17BNOReS-. The van der Waals surface area contributed by atoms with Crippen LogP contribution in [-0.2, 0) is 30.2 Å². The summed E-state index contributed by atoms with van der Waals surface area (Å²) in [6.07, 6.45) is 1.66. The van der Waals surface area contributed by atoms with Crippen molar-refractivity contribution in [2.75, 3.05) is 5.75 Å². The van der Waals surface area contributed by atoms with Crippen molar-refractivity contribution >= 4 is 17.6 Å². The summed E-state index contributed by atoms with van der Waals surface area (Å²) in [7, 11) is 3.05. The topological polar surface area (TPSA) is 39.4 Å². The molecule has 3 radical (unpaired) electrons. The van der Waals surface area contributed by atoms with Gasteiger partial charge in [0.15, 0.2) is 0 Å². The Labute approximate surface area is 108 Å². The van der Waals surface area contributed by atoms with Crippen molar-refractivity contribution in [1.82, 2.24) is 0 Å². The number of hydrogen-bond donors (Lipinski definition) is 0. The molecule has 0 N–H and O–H groups in total. The molecule has 0 saturated carbocycles. The van der Waals surface area contributed by atoms with Gasteiger partial charge in [0.2, 0.25) is 0 Å². The largest absolute Gasteiger partial charge is 0.747 e. The number of allylic oxidation sites excluding steroid dienone is 2. The van der Waals surface area contributed by atoms with Gasteiger partial charge in [-0.25, -0.2) is 0 Å². The van der Waals surface area contributed by atoms with E-state index in [0.29, 0.717) is 10.7 Å². The maximum absolute atomic E-state index is 11.9. The third-order valence-electron chi connectivity index (χ3n) is 2.60. The minimum atomic E-state index is -2.77. The summed E-state index contributed by atoms with van der Waals surface area (Å²) in [6, 6.07) is 0. The molecule has 2 unspecified atom stereocenters. The van der Waals surface area contributed by atoms with Gasteiger partial charge in [0.05, 0.1) is 7.85 Å². The Hall–Kier alpha value is 0.417. The van der Waals surface area contributed by atoms with E-state index in [0.717, 1.165) is 18.4 Å². The van der Waals surface area contributed by atoms with Crippen molar-refractivity contribution < 1.29 is 24.6 Å². The molecular weight excluding hydrogens is 379 g/mol. The second-order valence-electron chi connectivity index (χ2n) is 4.28. The predicted molar refractivity (Wildman–Crippen MR) is 62.6 cm³/mol. The van der Waals surface area contributed by atoms with E-state index in [1.54, 1.807) is 0 Å². The molecule has 0 fully saturated rings. The summed E-state index contributed by atoms with van der Waals surface area (Å²) in [5, 5.41) is 0. The minimum Gasteiger partial charge on any atom is -0.747 e. The Balaban J connectivity index is 0.00000196. The van der Waals surface area contributed by atoms with Gasteiger partial charge >= 0.3 is 0 Å².